The summed E-state index contributed by atoms with van der Waals surface area (Å²) in [6.07, 6.45) is -6.01. The standard InChI is InChI=1S/C15H17F3N4O2.ClH/c1-9-22(8-13(24-9)14(23)21-5-4-19)11-3-2-10(7-20)12(6-11)15(16,17)18;/h2-3,6,9,13H,4-5,8,19H2,1H3,(H,21,23);1H/t9-,13+;/m1./s1. The number of rotatable bonds is 4. The van der Waals surface area contributed by atoms with Gasteiger partial charge in [-0.3, -0.25) is 4.79 Å². The van der Waals surface area contributed by atoms with Crippen LogP contribution < -0.4 is 16.0 Å². The Balaban J connectivity index is 0.00000312. The van der Waals surface area contributed by atoms with Crippen LogP contribution in [0.2, 0.25) is 0 Å². The quantitative estimate of drug-likeness (QED) is 0.830. The molecule has 6 nitrogen and oxygen atoms in total. The number of nitriles is 1. The zero-order chi connectivity index (χ0) is 17.9. The topological polar surface area (TPSA) is 91.4 Å². The van der Waals surface area contributed by atoms with Crippen molar-refractivity contribution in [3.63, 3.8) is 0 Å². The van der Waals surface area contributed by atoms with Crippen molar-refractivity contribution in [3.8, 4) is 6.07 Å². The SMILES string of the molecule is C[C@H]1O[C@H](C(=O)NCCN)CN1c1ccc(C#N)c(C(F)(F)F)c1.Cl. The average Bonchev–Trinajstić information content (AvgIpc) is 2.93. The van der Waals surface area contributed by atoms with Crippen LogP contribution in [0.3, 0.4) is 0 Å². The van der Waals surface area contributed by atoms with Crippen LogP contribution in [0.4, 0.5) is 18.9 Å². The van der Waals surface area contributed by atoms with Gasteiger partial charge in [0.1, 0.15) is 6.23 Å². The first kappa shape index (κ1) is 21.0. The fourth-order valence-corrected chi connectivity index (χ4v) is 2.49. The number of ether oxygens (including phenoxy) is 1. The lowest BCUT2D eigenvalue weighted by atomic mass is 10.1. The summed E-state index contributed by atoms with van der Waals surface area (Å²) in [5, 5.41) is 11.4. The minimum absolute atomic E-state index is 0. The Morgan fingerprint density at radius 1 is 1.52 bits per heavy atom. The molecular weight excluding hydrogens is 361 g/mol. The van der Waals surface area contributed by atoms with E-state index in [1.54, 1.807) is 11.8 Å². The lowest BCUT2D eigenvalue weighted by Crippen LogP contribution is -2.39. The second-order valence-corrected chi connectivity index (χ2v) is 5.30. The van der Waals surface area contributed by atoms with E-state index in [0.29, 0.717) is 6.54 Å². The fourth-order valence-electron chi connectivity index (χ4n) is 2.49. The van der Waals surface area contributed by atoms with E-state index in [4.69, 9.17) is 15.7 Å². The summed E-state index contributed by atoms with van der Waals surface area (Å²) in [6.45, 7) is 2.33. The maximum absolute atomic E-state index is 13.1. The van der Waals surface area contributed by atoms with Crippen molar-refractivity contribution in [1.29, 1.82) is 5.26 Å². The third kappa shape index (κ3) is 4.75. The molecule has 1 amide bonds. The van der Waals surface area contributed by atoms with E-state index in [-0.39, 0.29) is 37.1 Å². The molecule has 1 aromatic carbocycles. The molecule has 0 bridgehead atoms. The second-order valence-electron chi connectivity index (χ2n) is 5.30. The number of hydrogen-bond donors (Lipinski definition) is 2. The highest BCUT2D eigenvalue weighted by atomic mass is 35.5. The van der Waals surface area contributed by atoms with Crippen LogP contribution in [-0.2, 0) is 15.7 Å². The molecule has 0 spiro atoms. The zero-order valence-corrected chi connectivity index (χ0v) is 14.2. The summed E-state index contributed by atoms with van der Waals surface area (Å²) >= 11 is 0. The molecule has 1 aliphatic rings. The Morgan fingerprint density at radius 3 is 2.76 bits per heavy atom. The smallest absolute Gasteiger partial charge is 0.353 e. The number of nitrogens with zero attached hydrogens (tertiary/aromatic N) is 2. The second kappa shape index (κ2) is 8.38. The summed E-state index contributed by atoms with van der Waals surface area (Å²) in [4.78, 5) is 13.5. The van der Waals surface area contributed by atoms with E-state index in [2.05, 4.69) is 5.32 Å². The molecule has 1 aliphatic heterocycles. The highest BCUT2D eigenvalue weighted by molar-refractivity contribution is 5.85. The van der Waals surface area contributed by atoms with Crippen LogP contribution >= 0.6 is 12.4 Å². The van der Waals surface area contributed by atoms with Gasteiger partial charge in [-0.1, -0.05) is 0 Å². The van der Waals surface area contributed by atoms with Gasteiger partial charge in [-0.25, -0.2) is 0 Å². The van der Waals surface area contributed by atoms with Crippen LogP contribution in [0.25, 0.3) is 0 Å². The number of amides is 1. The maximum atomic E-state index is 13.1. The molecule has 138 valence electrons. The number of carbonyl (C=O) groups is 1. The van der Waals surface area contributed by atoms with Gasteiger partial charge in [-0.15, -0.1) is 12.4 Å². The van der Waals surface area contributed by atoms with Gasteiger partial charge in [-0.2, -0.15) is 18.4 Å². The van der Waals surface area contributed by atoms with Crippen LogP contribution in [0, 0.1) is 11.3 Å². The van der Waals surface area contributed by atoms with E-state index < -0.39 is 29.6 Å². The van der Waals surface area contributed by atoms with Gasteiger partial charge in [0, 0.05) is 18.8 Å². The van der Waals surface area contributed by atoms with Crippen LogP contribution in [-0.4, -0.2) is 37.9 Å². The molecule has 1 fully saturated rings. The first-order valence-electron chi connectivity index (χ1n) is 7.29. The monoisotopic (exact) mass is 378 g/mol. The third-order valence-electron chi connectivity index (χ3n) is 3.66. The third-order valence-corrected chi connectivity index (χ3v) is 3.66. The molecule has 1 heterocycles. The van der Waals surface area contributed by atoms with Crippen molar-refractivity contribution in [1.82, 2.24) is 5.32 Å². The van der Waals surface area contributed by atoms with Crippen molar-refractivity contribution in [2.75, 3.05) is 24.5 Å². The molecular formula is C15H18ClF3N4O2. The number of alkyl halides is 3. The van der Waals surface area contributed by atoms with E-state index in [1.807, 2.05) is 0 Å². The van der Waals surface area contributed by atoms with Crippen molar-refractivity contribution in [2.24, 2.45) is 5.73 Å². The first-order chi connectivity index (χ1) is 11.3. The number of nitrogens with two attached hydrogens (primary N) is 1. The van der Waals surface area contributed by atoms with Gasteiger partial charge < -0.3 is 20.7 Å². The van der Waals surface area contributed by atoms with Crippen molar-refractivity contribution in [3.05, 3.63) is 29.3 Å². The Labute approximate surface area is 149 Å². The van der Waals surface area contributed by atoms with E-state index >= 15 is 0 Å². The highest BCUT2D eigenvalue weighted by Crippen LogP contribution is 2.35. The number of nitrogens with one attached hydrogen (secondary N) is 1. The number of benzene rings is 1. The Morgan fingerprint density at radius 2 is 2.20 bits per heavy atom. The van der Waals surface area contributed by atoms with Gasteiger partial charge in [0.05, 0.1) is 23.7 Å². The fraction of sp³-hybridized carbons (Fsp3) is 0.467. The normalized spacial score (nSPS) is 19.9. The van der Waals surface area contributed by atoms with Gasteiger partial charge in [0.15, 0.2) is 6.10 Å². The molecule has 0 saturated carbocycles. The first-order valence-corrected chi connectivity index (χ1v) is 7.29. The zero-order valence-electron chi connectivity index (χ0n) is 13.3. The molecule has 1 aromatic rings. The van der Waals surface area contributed by atoms with Gasteiger partial charge in [-0.05, 0) is 25.1 Å². The predicted octanol–water partition coefficient (Wildman–Crippen LogP) is 1.62. The molecule has 25 heavy (non-hydrogen) atoms. The van der Waals surface area contributed by atoms with Crippen molar-refractivity contribution >= 4 is 24.0 Å². The van der Waals surface area contributed by atoms with Gasteiger partial charge >= 0.3 is 6.18 Å². The van der Waals surface area contributed by atoms with E-state index in [9.17, 15) is 18.0 Å². The lowest BCUT2D eigenvalue weighted by Gasteiger charge is -2.23. The molecule has 2 atom stereocenters. The van der Waals surface area contributed by atoms with Crippen LogP contribution in [0.15, 0.2) is 18.2 Å². The minimum Gasteiger partial charge on any atom is -0.353 e. The molecule has 0 radical (unpaired) electrons. The van der Waals surface area contributed by atoms with Crippen molar-refractivity contribution < 1.29 is 22.7 Å². The summed E-state index contributed by atoms with van der Waals surface area (Å²) in [6, 6.07) is 4.97. The molecule has 2 rings (SSSR count). The van der Waals surface area contributed by atoms with Crippen LogP contribution in [0.1, 0.15) is 18.1 Å². The predicted molar refractivity (Wildman–Crippen MR) is 87.2 cm³/mol. The molecule has 0 unspecified atom stereocenters. The number of hydrogen-bond acceptors (Lipinski definition) is 5. The molecule has 10 heteroatoms. The number of carbonyl (C=O) groups excluding carboxylic acids is 1. The largest absolute Gasteiger partial charge is 0.417 e. The molecule has 0 aliphatic carbocycles. The van der Waals surface area contributed by atoms with Crippen molar-refractivity contribution in [2.45, 2.75) is 25.4 Å². The van der Waals surface area contributed by atoms with E-state index in [1.165, 1.54) is 12.1 Å². The molecule has 1 saturated heterocycles. The number of anilines is 1. The van der Waals surface area contributed by atoms with Gasteiger partial charge in [0.25, 0.3) is 5.91 Å². The summed E-state index contributed by atoms with van der Waals surface area (Å²) < 4.78 is 44.7. The molecule has 3 N–H and O–H groups in total. The Bertz CT molecular complexity index is 663. The summed E-state index contributed by atoms with van der Waals surface area (Å²) in [7, 11) is 0. The summed E-state index contributed by atoms with van der Waals surface area (Å²) in [5.41, 5.74) is 4.09. The minimum atomic E-state index is -4.64. The van der Waals surface area contributed by atoms with E-state index in [0.717, 1.165) is 12.1 Å². The van der Waals surface area contributed by atoms with Crippen LogP contribution in [0.5, 0.6) is 0 Å². The summed E-state index contributed by atoms with van der Waals surface area (Å²) in [5.74, 6) is -0.362. The van der Waals surface area contributed by atoms with Gasteiger partial charge in [0.2, 0.25) is 0 Å². The number of halogens is 4. The highest BCUT2D eigenvalue weighted by Gasteiger charge is 2.37. The average molecular weight is 379 g/mol. The maximum Gasteiger partial charge on any atom is 0.417 e. The Kier molecular flexibility index (Phi) is 7.05. The lowest BCUT2D eigenvalue weighted by molar-refractivity contribution is -0.137. The Hall–Kier alpha value is -2.02. The molecule has 0 aromatic heterocycles.